The highest BCUT2D eigenvalue weighted by Gasteiger charge is 2.52. The van der Waals surface area contributed by atoms with Crippen LogP contribution < -0.4 is 16.5 Å². The third kappa shape index (κ3) is 5.04. The van der Waals surface area contributed by atoms with E-state index in [9.17, 15) is 14.9 Å². The van der Waals surface area contributed by atoms with Crippen molar-refractivity contribution < 1.29 is 4.92 Å². The first-order valence-electron chi connectivity index (χ1n) is 16.6. The van der Waals surface area contributed by atoms with Gasteiger partial charge in [-0.15, -0.1) is 5.10 Å². The third-order valence-electron chi connectivity index (χ3n) is 10.3. The Morgan fingerprint density at radius 2 is 1.75 bits per heavy atom. The Bertz CT molecular complexity index is 2240. The van der Waals surface area contributed by atoms with Gasteiger partial charge in [0.2, 0.25) is 0 Å². The lowest BCUT2D eigenvalue weighted by atomic mass is 9.75. The predicted octanol–water partition coefficient (Wildman–Crippen LogP) is 4.11. The number of piperazine rings is 1. The van der Waals surface area contributed by atoms with E-state index in [2.05, 4.69) is 25.4 Å². The molecule has 1 aliphatic carbocycles. The van der Waals surface area contributed by atoms with Crippen LogP contribution in [0, 0.1) is 10.1 Å². The monoisotopic (exact) mass is 643 g/mol. The summed E-state index contributed by atoms with van der Waals surface area (Å²) in [5, 5.41) is 27.0. The van der Waals surface area contributed by atoms with Crippen molar-refractivity contribution in [2.24, 2.45) is 5.73 Å². The Hall–Kier alpha value is -5.04. The summed E-state index contributed by atoms with van der Waals surface area (Å²) in [6.45, 7) is 6.00. The zero-order chi connectivity index (χ0) is 32.8. The molecule has 12 heteroatoms. The number of nitro groups is 1. The molecule has 2 atom stereocenters. The van der Waals surface area contributed by atoms with Crippen molar-refractivity contribution in [2.45, 2.75) is 30.8 Å². The first-order valence-corrected chi connectivity index (χ1v) is 16.6. The van der Waals surface area contributed by atoms with Crippen LogP contribution in [0.5, 0.6) is 0 Å². The number of aromatic nitrogens is 4. The van der Waals surface area contributed by atoms with E-state index in [0.717, 1.165) is 73.3 Å². The number of fused-ring (bicyclic) bond motifs is 4. The van der Waals surface area contributed by atoms with Crippen LogP contribution in [0.1, 0.15) is 30.5 Å². The van der Waals surface area contributed by atoms with Gasteiger partial charge in [0.05, 0.1) is 33.7 Å². The fourth-order valence-electron chi connectivity index (χ4n) is 7.59. The molecule has 12 nitrogen and oxygen atoms in total. The van der Waals surface area contributed by atoms with E-state index in [4.69, 9.17) is 10.7 Å². The molecule has 48 heavy (non-hydrogen) atoms. The number of para-hydroxylation sites is 2. The predicted molar refractivity (Wildman–Crippen MR) is 188 cm³/mol. The molecule has 1 saturated heterocycles. The van der Waals surface area contributed by atoms with Crippen LogP contribution in [-0.2, 0) is 5.54 Å². The summed E-state index contributed by atoms with van der Waals surface area (Å²) >= 11 is 0. The molecule has 4 heterocycles. The van der Waals surface area contributed by atoms with Crippen LogP contribution in [0.3, 0.4) is 0 Å². The van der Waals surface area contributed by atoms with E-state index < -0.39 is 11.6 Å². The lowest BCUT2D eigenvalue weighted by molar-refractivity contribution is -0.583. The third-order valence-corrected chi connectivity index (χ3v) is 10.3. The van der Waals surface area contributed by atoms with Crippen molar-refractivity contribution in [3.63, 3.8) is 0 Å². The van der Waals surface area contributed by atoms with Crippen LogP contribution in [0.4, 0.5) is 5.69 Å². The highest BCUT2D eigenvalue weighted by molar-refractivity contribution is 6.06. The van der Waals surface area contributed by atoms with Gasteiger partial charge in [-0.05, 0) is 61.9 Å². The van der Waals surface area contributed by atoms with E-state index in [1.807, 2.05) is 78.9 Å². The van der Waals surface area contributed by atoms with E-state index in [0.29, 0.717) is 40.5 Å². The molecule has 244 valence electrons. The summed E-state index contributed by atoms with van der Waals surface area (Å²) in [5.74, 6) is 0. The van der Waals surface area contributed by atoms with Crippen LogP contribution >= 0.6 is 0 Å². The number of hydrogen-bond acceptors (Lipinski definition) is 10. The van der Waals surface area contributed by atoms with Crippen LogP contribution in [-0.4, -0.2) is 86.4 Å². The number of nitrogens with one attached hydrogen (secondary N) is 1. The highest BCUT2D eigenvalue weighted by atomic mass is 16.6. The molecular formula is C36H37N9O3. The molecule has 1 aliphatic heterocycles. The molecule has 6 aromatic rings. The Labute approximate surface area is 276 Å². The Morgan fingerprint density at radius 3 is 2.58 bits per heavy atom. The molecule has 8 rings (SSSR count). The minimum absolute atomic E-state index is 0.0113. The van der Waals surface area contributed by atoms with Gasteiger partial charge < -0.3 is 20.9 Å². The number of anilines is 1. The smallest absolute Gasteiger partial charge is 0.267 e. The Kier molecular flexibility index (Phi) is 7.70. The fourth-order valence-corrected chi connectivity index (χ4v) is 7.59. The first-order chi connectivity index (χ1) is 23.4. The molecule has 0 spiro atoms. The highest BCUT2D eigenvalue weighted by Crippen LogP contribution is 2.40. The number of benzene rings is 3. The summed E-state index contributed by atoms with van der Waals surface area (Å²) in [5.41, 5.74) is 10.4. The molecule has 0 saturated carbocycles. The van der Waals surface area contributed by atoms with Gasteiger partial charge in [-0.25, -0.2) is 9.50 Å². The normalized spacial score (nSPS) is 19.4. The van der Waals surface area contributed by atoms with Crippen molar-refractivity contribution >= 4 is 50.0 Å². The molecule has 3 N–H and O–H groups in total. The zero-order valence-corrected chi connectivity index (χ0v) is 26.6. The summed E-state index contributed by atoms with van der Waals surface area (Å²) in [6, 6.07) is 20.3. The van der Waals surface area contributed by atoms with Gasteiger partial charge in [0.1, 0.15) is 11.0 Å². The summed E-state index contributed by atoms with van der Waals surface area (Å²) < 4.78 is 1.76. The van der Waals surface area contributed by atoms with E-state index >= 15 is 0 Å². The molecule has 0 amide bonds. The van der Waals surface area contributed by atoms with Gasteiger partial charge in [0.15, 0.2) is 5.43 Å². The SMILES string of the molecule is NC(CCN1CCN(CCCNc2ccc3nnn4c5ccccc5c(=O)c2c34)CC1)C1([N+](=O)[O-])CC=Cc2nc3ccccc3cc21. The first kappa shape index (κ1) is 30.3. The standard InChI is InChI=1S/C36H37N9O3/c37-32(36(45(47)48)15-5-10-28-26(36)23-24-7-1-3-9-27(24)39-28)14-18-43-21-19-42(20-22-43)17-6-16-38-29-12-13-30-34-33(29)35(46)25-8-2-4-11-31(25)44(34)41-40-30/h1-5,7-13,23,32,38H,6,14-22,37H2. The Balaban J connectivity index is 0.863. The molecule has 3 aromatic heterocycles. The fraction of sp³-hybridized carbons (Fsp3) is 0.333. The van der Waals surface area contributed by atoms with Crippen molar-refractivity contribution in [3.8, 4) is 0 Å². The van der Waals surface area contributed by atoms with Crippen molar-refractivity contribution in [1.82, 2.24) is 29.6 Å². The second-order valence-electron chi connectivity index (χ2n) is 13.0. The molecule has 1 fully saturated rings. The minimum atomic E-state index is -1.40. The number of hydrogen-bond donors (Lipinski definition) is 2. The number of pyridine rings is 2. The summed E-state index contributed by atoms with van der Waals surface area (Å²) in [6.07, 6.45) is 5.43. The molecule has 2 unspecified atom stereocenters. The zero-order valence-electron chi connectivity index (χ0n) is 26.6. The molecule has 0 radical (unpaired) electrons. The molecule has 3 aromatic carbocycles. The quantitative estimate of drug-likeness (QED) is 0.0967. The number of rotatable bonds is 10. The summed E-state index contributed by atoms with van der Waals surface area (Å²) in [7, 11) is 0. The average Bonchev–Trinajstić information content (AvgIpc) is 3.55. The summed E-state index contributed by atoms with van der Waals surface area (Å²) in [4.78, 5) is 35.6. The Morgan fingerprint density at radius 1 is 0.979 bits per heavy atom. The van der Waals surface area contributed by atoms with Crippen molar-refractivity contribution in [2.75, 3.05) is 51.1 Å². The van der Waals surface area contributed by atoms with E-state index in [1.54, 1.807) is 4.52 Å². The number of nitrogens with zero attached hydrogens (tertiary/aromatic N) is 7. The van der Waals surface area contributed by atoms with E-state index in [1.165, 1.54) is 0 Å². The van der Waals surface area contributed by atoms with Crippen molar-refractivity contribution in [1.29, 1.82) is 0 Å². The van der Waals surface area contributed by atoms with Gasteiger partial charge in [0, 0.05) is 67.1 Å². The topological polar surface area (TPSA) is 148 Å². The lowest BCUT2D eigenvalue weighted by Crippen LogP contribution is -2.54. The molecular weight excluding hydrogens is 606 g/mol. The second kappa shape index (κ2) is 12.2. The van der Waals surface area contributed by atoms with Gasteiger partial charge in [-0.1, -0.05) is 41.6 Å². The largest absolute Gasteiger partial charge is 0.384 e. The average molecular weight is 644 g/mol. The maximum atomic E-state index is 13.5. The lowest BCUT2D eigenvalue weighted by Gasteiger charge is -2.37. The van der Waals surface area contributed by atoms with Crippen molar-refractivity contribution in [3.05, 3.63) is 104 Å². The number of nitrogens with two attached hydrogens (primary N) is 1. The van der Waals surface area contributed by atoms with Crippen LogP contribution in [0.25, 0.3) is 44.3 Å². The maximum Gasteiger partial charge on any atom is 0.267 e. The molecule has 0 bridgehead atoms. The molecule has 2 aliphatic rings. The van der Waals surface area contributed by atoms with E-state index in [-0.39, 0.29) is 16.8 Å². The van der Waals surface area contributed by atoms with Gasteiger partial charge in [-0.3, -0.25) is 14.9 Å². The minimum Gasteiger partial charge on any atom is -0.384 e. The van der Waals surface area contributed by atoms with Gasteiger partial charge >= 0.3 is 0 Å². The van der Waals surface area contributed by atoms with Gasteiger partial charge in [-0.2, -0.15) is 0 Å². The van der Waals surface area contributed by atoms with Gasteiger partial charge in [0.25, 0.3) is 5.54 Å². The maximum absolute atomic E-state index is 13.5. The second-order valence-corrected chi connectivity index (χ2v) is 13.0. The van der Waals surface area contributed by atoms with Crippen LogP contribution in [0.2, 0.25) is 0 Å². The van der Waals surface area contributed by atoms with Crippen LogP contribution in [0.15, 0.2) is 77.6 Å².